The van der Waals surface area contributed by atoms with E-state index in [1.165, 1.54) is 11.8 Å². The molecule has 1 aromatic rings. The van der Waals surface area contributed by atoms with Crippen LogP contribution < -0.4 is 5.32 Å². The Morgan fingerprint density at radius 2 is 1.87 bits per heavy atom. The van der Waals surface area contributed by atoms with Crippen molar-refractivity contribution in [1.82, 2.24) is 10.2 Å². The number of hydrogen-bond acceptors (Lipinski definition) is 3. The van der Waals surface area contributed by atoms with Crippen LogP contribution in [-0.2, 0) is 20.8 Å². The maximum absolute atomic E-state index is 12.0. The first kappa shape index (κ1) is 17.0. The van der Waals surface area contributed by atoms with Crippen LogP contribution in [0.15, 0.2) is 30.3 Å². The molecule has 0 bridgehead atoms. The number of hydrogen-bond donors (Lipinski definition) is 2. The molecule has 2 rings (SSSR count). The molecule has 0 atom stereocenters. The summed E-state index contributed by atoms with van der Waals surface area (Å²) in [5.41, 5.74) is 0.308. The summed E-state index contributed by atoms with van der Waals surface area (Å²) in [7, 11) is 0. The Bertz CT molecular complexity index is 582. The Balaban J connectivity index is 1.80. The maximum atomic E-state index is 12.0. The first-order valence-corrected chi connectivity index (χ1v) is 7.72. The van der Waals surface area contributed by atoms with Gasteiger partial charge in [0.1, 0.15) is 0 Å². The molecule has 6 heteroatoms. The van der Waals surface area contributed by atoms with E-state index in [0.29, 0.717) is 25.8 Å². The van der Waals surface area contributed by atoms with Gasteiger partial charge in [0.2, 0.25) is 11.8 Å². The van der Waals surface area contributed by atoms with Crippen LogP contribution in [0.25, 0.3) is 0 Å². The predicted molar refractivity (Wildman–Crippen MR) is 84.7 cm³/mol. The van der Waals surface area contributed by atoms with Gasteiger partial charge in [0.25, 0.3) is 0 Å². The van der Waals surface area contributed by atoms with Gasteiger partial charge in [0.05, 0.1) is 12.0 Å². The van der Waals surface area contributed by atoms with E-state index in [-0.39, 0.29) is 24.9 Å². The van der Waals surface area contributed by atoms with Crippen LogP contribution in [0.1, 0.15) is 25.3 Å². The van der Waals surface area contributed by atoms with Crippen molar-refractivity contribution in [3.05, 3.63) is 35.9 Å². The van der Waals surface area contributed by atoms with Gasteiger partial charge in [-0.1, -0.05) is 30.3 Å². The predicted octanol–water partition coefficient (Wildman–Crippen LogP) is 1.06. The molecule has 1 aliphatic rings. The van der Waals surface area contributed by atoms with Gasteiger partial charge in [-0.3, -0.25) is 14.4 Å². The molecule has 0 radical (unpaired) electrons. The minimum Gasteiger partial charge on any atom is -0.481 e. The van der Waals surface area contributed by atoms with E-state index in [4.69, 9.17) is 5.11 Å². The van der Waals surface area contributed by atoms with E-state index in [1.54, 1.807) is 0 Å². The molecular formula is C17H22N2O4. The van der Waals surface area contributed by atoms with Crippen molar-refractivity contribution in [3.63, 3.8) is 0 Å². The minimum absolute atomic E-state index is 0.0438. The molecule has 1 saturated carbocycles. The SMILES string of the molecule is CC(=O)N(CCc1ccccc1)CC(=O)NCC1(C(=O)O)CC1. The van der Waals surface area contributed by atoms with Crippen molar-refractivity contribution in [2.75, 3.05) is 19.6 Å². The zero-order valence-corrected chi connectivity index (χ0v) is 13.2. The first-order valence-electron chi connectivity index (χ1n) is 7.72. The van der Waals surface area contributed by atoms with Crippen molar-refractivity contribution in [3.8, 4) is 0 Å². The lowest BCUT2D eigenvalue weighted by Crippen LogP contribution is -2.43. The van der Waals surface area contributed by atoms with Gasteiger partial charge >= 0.3 is 5.97 Å². The lowest BCUT2D eigenvalue weighted by atomic mass is 10.1. The van der Waals surface area contributed by atoms with Crippen molar-refractivity contribution in [2.45, 2.75) is 26.2 Å². The maximum Gasteiger partial charge on any atom is 0.311 e. The molecule has 23 heavy (non-hydrogen) atoms. The standard InChI is InChI=1S/C17H22N2O4/c1-13(20)19(10-7-14-5-3-2-4-6-14)11-15(21)18-12-17(8-9-17)16(22)23/h2-6H,7-12H2,1H3,(H,18,21)(H,22,23). The average molecular weight is 318 g/mol. The summed E-state index contributed by atoms with van der Waals surface area (Å²) in [6.07, 6.45) is 1.85. The highest BCUT2D eigenvalue weighted by atomic mass is 16.4. The van der Waals surface area contributed by atoms with Crippen molar-refractivity contribution in [2.24, 2.45) is 5.41 Å². The fourth-order valence-electron chi connectivity index (χ4n) is 2.37. The third-order valence-electron chi connectivity index (χ3n) is 4.22. The van der Waals surface area contributed by atoms with Gasteiger partial charge in [-0.2, -0.15) is 0 Å². The second kappa shape index (κ2) is 7.26. The van der Waals surface area contributed by atoms with Crippen LogP contribution in [0, 0.1) is 5.41 Å². The molecule has 2 amide bonds. The summed E-state index contributed by atoms with van der Waals surface area (Å²) in [5, 5.41) is 11.7. The Morgan fingerprint density at radius 3 is 2.39 bits per heavy atom. The fourth-order valence-corrected chi connectivity index (χ4v) is 2.37. The Morgan fingerprint density at radius 1 is 1.22 bits per heavy atom. The minimum atomic E-state index is -0.870. The van der Waals surface area contributed by atoms with Crippen LogP contribution >= 0.6 is 0 Å². The Kier molecular flexibility index (Phi) is 5.36. The lowest BCUT2D eigenvalue weighted by Gasteiger charge is -2.21. The molecule has 0 aliphatic heterocycles. The van der Waals surface area contributed by atoms with Crippen LogP contribution in [-0.4, -0.2) is 47.4 Å². The van der Waals surface area contributed by atoms with E-state index < -0.39 is 11.4 Å². The number of carboxylic acids is 1. The summed E-state index contributed by atoms with van der Waals surface area (Å²) in [5.74, 6) is -1.36. The smallest absolute Gasteiger partial charge is 0.311 e. The molecule has 124 valence electrons. The first-order chi connectivity index (χ1) is 10.9. The molecule has 2 N–H and O–H groups in total. The van der Waals surface area contributed by atoms with Crippen molar-refractivity contribution < 1.29 is 19.5 Å². The number of amides is 2. The van der Waals surface area contributed by atoms with E-state index >= 15 is 0 Å². The van der Waals surface area contributed by atoms with Crippen LogP contribution in [0.2, 0.25) is 0 Å². The van der Waals surface area contributed by atoms with Gasteiger partial charge in [-0.05, 0) is 24.8 Å². The highest BCUT2D eigenvalue weighted by Gasteiger charge is 2.50. The molecule has 0 heterocycles. The number of nitrogens with zero attached hydrogens (tertiary/aromatic N) is 1. The van der Waals surface area contributed by atoms with Gasteiger partial charge in [-0.15, -0.1) is 0 Å². The molecule has 0 saturated heterocycles. The monoisotopic (exact) mass is 318 g/mol. The van der Waals surface area contributed by atoms with E-state index in [9.17, 15) is 14.4 Å². The Hall–Kier alpha value is -2.37. The fraction of sp³-hybridized carbons (Fsp3) is 0.471. The summed E-state index contributed by atoms with van der Waals surface area (Å²) >= 11 is 0. The molecule has 0 spiro atoms. The highest BCUT2D eigenvalue weighted by molar-refractivity contribution is 5.85. The Labute approximate surface area is 135 Å². The van der Waals surface area contributed by atoms with E-state index in [2.05, 4.69) is 5.32 Å². The van der Waals surface area contributed by atoms with Gasteiger partial charge in [0.15, 0.2) is 0 Å². The molecule has 1 aliphatic carbocycles. The summed E-state index contributed by atoms with van der Waals surface area (Å²) in [6, 6.07) is 9.74. The van der Waals surface area contributed by atoms with Crippen LogP contribution in [0.3, 0.4) is 0 Å². The van der Waals surface area contributed by atoms with E-state index in [1.807, 2.05) is 30.3 Å². The van der Waals surface area contributed by atoms with Gasteiger partial charge < -0.3 is 15.3 Å². The molecule has 1 fully saturated rings. The number of carboxylic acid groups (broad SMARTS) is 1. The molecule has 0 aromatic heterocycles. The lowest BCUT2D eigenvalue weighted by molar-refractivity contribution is -0.143. The zero-order chi connectivity index (χ0) is 16.9. The van der Waals surface area contributed by atoms with Crippen LogP contribution in [0.4, 0.5) is 0 Å². The van der Waals surface area contributed by atoms with Gasteiger partial charge in [0, 0.05) is 20.0 Å². The zero-order valence-electron chi connectivity index (χ0n) is 13.2. The average Bonchev–Trinajstić information content (AvgIpc) is 3.31. The summed E-state index contributed by atoms with van der Waals surface area (Å²) in [6.45, 7) is 1.97. The number of nitrogens with one attached hydrogen (secondary N) is 1. The molecular weight excluding hydrogens is 296 g/mol. The number of benzene rings is 1. The third-order valence-corrected chi connectivity index (χ3v) is 4.22. The highest BCUT2D eigenvalue weighted by Crippen LogP contribution is 2.45. The number of carbonyl (C=O) groups is 3. The molecule has 6 nitrogen and oxygen atoms in total. The third kappa shape index (κ3) is 4.81. The number of rotatable bonds is 8. The number of carbonyl (C=O) groups excluding carboxylic acids is 2. The van der Waals surface area contributed by atoms with Crippen molar-refractivity contribution >= 4 is 17.8 Å². The van der Waals surface area contributed by atoms with Gasteiger partial charge in [-0.25, -0.2) is 0 Å². The summed E-state index contributed by atoms with van der Waals surface area (Å²) < 4.78 is 0. The quantitative estimate of drug-likeness (QED) is 0.750. The topological polar surface area (TPSA) is 86.7 Å². The number of aliphatic carboxylic acids is 1. The molecule has 0 unspecified atom stereocenters. The second-order valence-corrected chi connectivity index (χ2v) is 6.04. The summed E-state index contributed by atoms with van der Waals surface area (Å²) in [4.78, 5) is 36.2. The largest absolute Gasteiger partial charge is 0.481 e. The second-order valence-electron chi connectivity index (χ2n) is 6.04. The van der Waals surface area contributed by atoms with Crippen LogP contribution in [0.5, 0.6) is 0 Å². The van der Waals surface area contributed by atoms with Crippen molar-refractivity contribution in [1.29, 1.82) is 0 Å². The normalized spacial score (nSPS) is 14.8. The molecule has 1 aromatic carbocycles. The van der Waals surface area contributed by atoms with E-state index in [0.717, 1.165) is 5.56 Å².